The third-order valence-electron chi connectivity index (χ3n) is 3.13. The number of hydrogen-bond donors (Lipinski definition) is 0. The van der Waals surface area contributed by atoms with E-state index in [4.69, 9.17) is 4.74 Å². The molecule has 1 heterocycles. The molecule has 3 rings (SSSR count). The van der Waals surface area contributed by atoms with Gasteiger partial charge in [-0.05, 0) is 40.0 Å². The summed E-state index contributed by atoms with van der Waals surface area (Å²) in [5.74, 6) is 0.744. The first kappa shape index (κ1) is 12.4. The van der Waals surface area contributed by atoms with Crippen LogP contribution in [0.3, 0.4) is 0 Å². The van der Waals surface area contributed by atoms with E-state index in [-0.39, 0.29) is 6.04 Å². The molecule has 3 heteroatoms. The summed E-state index contributed by atoms with van der Waals surface area (Å²) in [4.78, 5) is 4.68. The number of ether oxygens (including phenoxy) is 1. The van der Waals surface area contributed by atoms with Crippen molar-refractivity contribution in [2.24, 2.45) is 4.99 Å². The highest BCUT2D eigenvalue weighted by Gasteiger charge is 2.21. The second-order valence-corrected chi connectivity index (χ2v) is 5.42. The highest BCUT2D eigenvalue weighted by atomic mass is 79.9. The van der Waals surface area contributed by atoms with Gasteiger partial charge in [-0.3, -0.25) is 0 Å². The van der Waals surface area contributed by atoms with Crippen molar-refractivity contribution < 1.29 is 4.74 Å². The Labute approximate surface area is 121 Å². The maximum atomic E-state index is 5.72. The lowest BCUT2D eigenvalue weighted by atomic mass is 10.1. The minimum atomic E-state index is 0.213. The third-order valence-corrected chi connectivity index (χ3v) is 3.82. The minimum absolute atomic E-state index is 0.213. The van der Waals surface area contributed by atoms with Gasteiger partial charge in [-0.2, -0.15) is 0 Å². The van der Waals surface area contributed by atoms with Crippen LogP contribution < -0.4 is 0 Å². The van der Waals surface area contributed by atoms with Crippen molar-refractivity contribution >= 4 is 21.8 Å². The molecule has 1 aliphatic heterocycles. The van der Waals surface area contributed by atoms with E-state index in [1.165, 1.54) is 5.56 Å². The average Bonchev–Trinajstić information content (AvgIpc) is 2.89. The van der Waals surface area contributed by atoms with Crippen molar-refractivity contribution in [3.8, 4) is 0 Å². The molecule has 0 saturated heterocycles. The summed E-state index contributed by atoms with van der Waals surface area (Å²) < 4.78 is 6.75. The van der Waals surface area contributed by atoms with Crippen LogP contribution in [0.1, 0.15) is 11.1 Å². The monoisotopic (exact) mass is 315 g/mol. The molecule has 0 spiro atoms. The Morgan fingerprint density at radius 1 is 1.05 bits per heavy atom. The molecule has 2 nitrogen and oxygen atoms in total. The van der Waals surface area contributed by atoms with Gasteiger partial charge in [0.05, 0.1) is 11.6 Å². The summed E-state index contributed by atoms with van der Waals surface area (Å²) in [6.07, 6.45) is 0.925. The molecular formula is C16H14BrNO. The molecule has 0 unspecified atom stereocenters. The number of aliphatic imine (C=N–C) groups is 1. The van der Waals surface area contributed by atoms with Gasteiger partial charge in [0, 0.05) is 4.47 Å². The van der Waals surface area contributed by atoms with Crippen LogP contribution >= 0.6 is 15.9 Å². The fourth-order valence-corrected chi connectivity index (χ4v) is 2.64. The lowest BCUT2D eigenvalue weighted by Gasteiger charge is -2.04. The molecule has 0 radical (unpaired) electrons. The Hall–Kier alpha value is -1.61. The van der Waals surface area contributed by atoms with Gasteiger partial charge in [-0.25, -0.2) is 4.99 Å². The van der Waals surface area contributed by atoms with Gasteiger partial charge in [0.1, 0.15) is 6.61 Å². The van der Waals surface area contributed by atoms with Gasteiger partial charge in [-0.15, -0.1) is 0 Å². The predicted molar refractivity (Wildman–Crippen MR) is 80.6 cm³/mol. The first-order valence-electron chi connectivity index (χ1n) is 6.32. The van der Waals surface area contributed by atoms with Gasteiger partial charge >= 0.3 is 0 Å². The van der Waals surface area contributed by atoms with Crippen LogP contribution in [0.4, 0.5) is 0 Å². The van der Waals surface area contributed by atoms with E-state index in [0.717, 1.165) is 22.4 Å². The molecule has 0 amide bonds. The molecule has 2 aromatic carbocycles. The summed E-state index contributed by atoms with van der Waals surface area (Å²) >= 11 is 3.53. The molecule has 0 saturated carbocycles. The van der Waals surface area contributed by atoms with Crippen LogP contribution in [0, 0.1) is 0 Å². The highest BCUT2D eigenvalue weighted by Crippen LogP contribution is 2.21. The first-order valence-corrected chi connectivity index (χ1v) is 7.11. The third kappa shape index (κ3) is 2.87. The minimum Gasteiger partial charge on any atom is -0.475 e. The zero-order chi connectivity index (χ0) is 13.1. The molecule has 96 valence electrons. The van der Waals surface area contributed by atoms with E-state index < -0.39 is 0 Å². The van der Waals surface area contributed by atoms with E-state index in [0.29, 0.717) is 6.61 Å². The fraction of sp³-hybridized carbons (Fsp3) is 0.188. The normalized spacial score (nSPS) is 17.9. The van der Waals surface area contributed by atoms with Crippen LogP contribution in [0.25, 0.3) is 0 Å². The van der Waals surface area contributed by atoms with E-state index in [2.05, 4.69) is 45.2 Å². The molecule has 0 fully saturated rings. The molecule has 2 aromatic rings. The Morgan fingerprint density at radius 3 is 2.58 bits per heavy atom. The molecule has 0 N–H and O–H groups in total. The standard InChI is InChI=1S/C16H14BrNO/c17-15-9-5-4-8-14(15)16-18-13(11-19-16)10-12-6-2-1-3-7-12/h1-9,13H,10-11H2/t13-/m1/s1. The number of nitrogens with zero attached hydrogens (tertiary/aromatic N) is 1. The van der Waals surface area contributed by atoms with Crippen molar-refractivity contribution in [2.75, 3.05) is 6.61 Å². The lowest BCUT2D eigenvalue weighted by molar-refractivity contribution is 0.317. The Morgan fingerprint density at radius 2 is 1.79 bits per heavy atom. The molecule has 1 atom stereocenters. The van der Waals surface area contributed by atoms with Crippen LogP contribution in [0.5, 0.6) is 0 Å². The van der Waals surface area contributed by atoms with Crippen molar-refractivity contribution in [3.63, 3.8) is 0 Å². The van der Waals surface area contributed by atoms with Crippen LogP contribution in [-0.4, -0.2) is 18.5 Å². The van der Waals surface area contributed by atoms with Gasteiger partial charge in [0.25, 0.3) is 0 Å². The molecule has 0 aromatic heterocycles. The smallest absolute Gasteiger partial charge is 0.217 e. The Kier molecular flexibility index (Phi) is 3.65. The summed E-state index contributed by atoms with van der Waals surface area (Å²) in [5.41, 5.74) is 2.33. The number of hydrogen-bond acceptors (Lipinski definition) is 2. The van der Waals surface area contributed by atoms with Crippen LogP contribution in [0.2, 0.25) is 0 Å². The van der Waals surface area contributed by atoms with E-state index >= 15 is 0 Å². The Bertz CT molecular complexity index is 595. The van der Waals surface area contributed by atoms with Crippen LogP contribution in [0.15, 0.2) is 64.1 Å². The highest BCUT2D eigenvalue weighted by molar-refractivity contribution is 9.10. The largest absolute Gasteiger partial charge is 0.475 e. The second kappa shape index (κ2) is 5.57. The lowest BCUT2D eigenvalue weighted by Crippen LogP contribution is -2.09. The molecule has 19 heavy (non-hydrogen) atoms. The van der Waals surface area contributed by atoms with E-state index in [1.54, 1.807) is 0 Å². The van der Waals surface area contributed by atoms with Crippen LogP contribution in [-0.2, 0) is 11.2 Å². The number of rotatable bonds is 3. The van der Waals surface area contributed by atoms with E-state index in [9.17, 15) is 0 Å². The second-order valence-electron chi connectivity index (χ2n) is 4.57. The summed E-state index contributed by atoms with van der Waals surface area (Å²) in [5, 5.41) is 0. The fourth-order valence-electron chi connectivity index (χ4n) is 2.19. The van der Waals surface area contributed by atoms with E-state index in [1.807, 2.05) is 30.3 Å². The van der Waals surface area contributed by atoms with Crippen molar-refractivity contribution in [3.05, 3.63) is 70.2 Å². The van der Waals surface area contributed by atoms with Gasteiger partial charge in [-0.1, -0.05) is 42.5 Å². The zero-order valence-corrected chi connectivity index (χ0v) is 12.0. The topological polar surface area (TPSA) is 21.6 Å². The van der Waals surface area contributed by atoms with Crippen molar-refractivity contribution in [2.45, 2.75) is 12.5 Å². The number of benzene rings is 2. The Balaban J connectivity index is 1.77. The molecule has 0 aliphatic carbocycles. The van der Waals surface area contributed by atoms with Crippen molar-refractivity contribution in [1.29, 1.82) is 0 Å². The quantitative estimate of drug-likeness (QED) is 0.843. The predicted octanol–water partition coefficient (Wildman–Crippen LogP) is 3.84. The van der Waals surface area contributed by atoms with Gasteiger partial charge < -0.3 is 4.74 Å². The first-order chi connectivity index (χ1) is 9.33. The van der Waals surface area contributed by atoms with Gasteiger partial charge in [0.2, 0.25) is 5.90 Å². The summed E-state index contributed by atoms with van der Waals surface area (Å²) in [6.45, 7) is 0.658. The summed E-state index contributed by atoms with van der Waals surface area (Å²) in [6, 6.07) is 18.6. The summed E-state index contributed by atoms with van der Waals surface area (Å²) in [7, 11) is 0. The molecule has 0 bridgehead atoms. The average molecular weight is 316 g/mol. The number of halogens is 1. The maximum absolute atomic E-state index is 5.72. The SMILES string of the molecule is Brc1ccccc1C1=N[C@H](Cc2ccccc2)CO1. The van der Waals surface area contributed by atoms with Gasteiger partial charge in [0.15, 0.2) is 0 Å². The maximum Gasteiger partial charge on any atom is 0.217 e. The molecule has 1 aliphatic rings. The molecular weight excluding hydrogens is 302 g/mol. The zero-order valence-electron chi connectivity index (χ0n) is 10.4. The van der Waals surface area contributed by atoms with Crippen molar-refractivity contribution in [1.82, 2.24) is 0 Å².